The van der Waals surface area contributed by atoms with Gasteiger partial charge in [0.15, 0.2) is 0 Å². The number of rotatable bonds is 0. The Kier molecular flexibility index (Phi) is 4.04. The number of hydrogen-bond donors (Lipinski definition) is 0. The third-order valence-electron chi connectivity index (χ3n) is 3.39. The van der Waals surface area contributed by atoms with Crippen molar-refractivity contribution >= 4 is 6.03 Å². The Bertz CT molecular complexity index is 233. The van der Waals surface area contributed by atoms with Crippen molar-refractivity contribution in [2.24, 2.45) is 0 Å². The molecule has 2 aliphatic heterocycles. The zero-order chi connectivity index (χ0) is 11.4. The first-order valence-electron chi connectivity index (χ1n) is 6.43. The Morgan fingerprint density at radius 1 is 1.06 bits per heavy atom. The van der Waals surface area contributed by atoms with Gasteiger partial charge in [0.25, 0.3) is 0 Å². The van der Waals surface area contributed by atoms with E-state index in [1.807, 2.05) is 16.7 Å². The molecule has 2 saturated heterocycles. The van der Waals surface area contributed by atoms with Gasteiger partial charge in [0, 0.05) is 26.2 Å². The Balaban J connectivity index is 1.89. The number of likely N-dealkylation sites (tertiary alicyclic amines) is 1. The van der Waals surface area contributed by atoms with Crippen LogP contribution >= 0.6 is 0 Å². The predicted octanol–water partition coefficient (Wildman–Crippen LogP) is 1.70. The summed E-state index contributed by atoms with van der Waals surface area (Å²) in [6, 6.07) is 0.219. The highest BCUT2D eigenvalue weighted by Crippen LogP contribution is 2.13. The van der Waals surface area contributed by atoms with E-state index in [1.165, 1.54) is 12.8 Å². The lowest BCUT2D eigenvalue weighted by Gasteiger charge is -2.35. The van der Waals surface area contributed by atoms with Crippen molar-refractivity contribution in [1.82, 2.24) is 9.80 Å². The van der Waals surface area contributed by atoms with Crippen LogP contribution in [0.1, 0.15) is 32.6 Å². The molecule has 2 aliphatic rings. The molecule has 0 aromatic heterocycles. The summed E-state index contributed by atoms with van der Waals surface area (Å²) in [5.41, 5.74) is 0. The van der Waals surface area contributed by atoms with Crippen LogP contribution < -0.4 is 0 Å². The zero-order valence-corrected chi connectivity index (χ0v) is 10.2. The fraction of sp³-hybridized carbons (Fsp3) is 0.917. The number of carbonyl (C=O) groups is 1. The molecular weight excluding hydrogens is 204 g/mol. The fourth-order valence-corrected chi connectivity index (χ4v) is 2.45. The predicted molar refractivity (Wildman–Crippen MR) is 62.4 cm³/mol. The van der Waals surface area contributed by atoms with Crippen molar-refractivity contribution in [3.05, 3.63) is 0 Å². The maximum Gasteiger partial charge on any atom is 0.320 e. The average Bonchev–Trinajstić information content (AvgIpc) is 2.56. The van der Waals surface area contributed by atoms with Crippen LogP contribution in [-0.2, 0) is 4.74 Å². The zero-order valence-electron chi connectivity index (χ0n) is 10.2. The quantitative estimate of drug-likeness (QED) is 0.630. The SMILES string of the molecule is CC1CN(C(=O)N2CCCCCC2)CCO1. The van der Waals surface area contributed by atoms with Gasteiger partial charge in [-0.15, -0.1) is 0 Å². The maximum absolute atomic E-state index is 12.2. The standard InChI is InChI=1S/C12H22N2O2/c1-11-10-14(8-9-16-11)12(15)13-6-4-2-3-5-7-13/h11H,2-10H2,1H3. The van der Waals surface area contributed by atoms with E-state index in [-0.39, 0.29) is 12.1 Å². The van der Waals surface area contributed by atoms with Gasteiger partial charge in [-0.1, -0.05) is 12.8 Å². The highest BCUT2D eigenvalue weighted by molar-refractivity contribution is 5.74. The summed E-state index contributed by atoms with van der Waals surface area (Å²) in [5, 5.41) is 0. The first-order chi connectivity index (χ1) is 7.77. The van der Waals surface area contributed by atoms with Crippen LogP contribution in [0.2, 0.25) is 0 Å². The van der Waals surface area contributed by atoms with E-state index >= 15 is 0 Å². The second-order valence-electron chi connectivity index (χ2n) is 4.81. The minimum absolute atomic E-state index is 0.185. The van der Waals surface area contributed by atoms with Crippen molar-refractivity contribution in [3.8, 4) is 0 Å². The molecule has 0 aromatic carbocycles. The minimum Gasteiger partial charge on any atom is -0.375 e. The fourth-order valence-electron chi connectivity index (χ4n) is 2.45. The molecule has 2 rings (SSSR count). The molecule has 4 nitrogen and oxygen atoms in total. The van der Waals surface area contributed by atoms with E-state index in [2.05, 4.69) is 0 Å². The van der Waals surface area contributed by atoms with Crippen molar-refractivity contribution < 1.29 is 9.53 Å². The first kappa shape index (κ1) is 11.7. The first-order valence-corrected chi connectivity index (χ1v) is 6.43. The molecular formula is C12H22N2O2. The van der Waals surface area contributed by atoms with Gasteiger partial charge < -0.3 is 14.5 Å². The van der Waals surface area contributed by atoms with Gasteiger partial charge in [-0.05, 0) is 19.8 Å². The molecule has 92 valence electrons. The smallest absolute Gasteiger partial charge is 0.320 e. The van der Waals surface area contributed by atoms with Crippen molar-refractivity contribution in [2.75, 3.05) is 32.8 Å². The van der Waals surface area contributed by atoms with Gasteiger partial charge in [0.1, 0.15) is 0 Å². The number of morpholine rings is 1. The highest BCUT2D eigenvalue weighted by Gasteiger charge is 2.25. The molecule has 0 aromatic rings. The van der Waals surface area contributed by atoms with E-state index in [4.69, 9.17) is 4.74 Å². The minimum atomic E-state index is 0.185. The number of hydrogen-bond acceptors (Lipinski definition) is 2. The summed E-state index contributed by atoms with van der Waals surface area (Å²) in [6.07, 6.45) is 5.04. The van der Waals surface area contributed by atoms with Crippen LogP contribution in [0, 0.1) is 0 Å². The molecule has 2 heterocycles. The molecule has 0 bridgehead atoms. The third-order valence-corrected chi connectivity index (χ3v) is 3.39. The molecule has 0 spiro atoms. The lowest BCUT2D eigenvalue weighted by molar-refractivity contribution is -0.00900. The summed E-state index contributed by atoms with van der Waals surface area (Å²) in [6.45, 7) is 6.08. The van der Waals surface area contributed by atoms with Crippen LogP contribution in [0.4, 0.5) is 4.79 Å². The lowest BCUT2D eigenvalue weighted by atomic mass is 10.2. The molecule has 0 radical (unpaired) electrons. The monoisotopic (exact) mass is 226 g/mol. The van der Waals surface area contributed by atoms with Crippen LogP contribution in [-0.4, -0.2) is 54.7 Å². The third kappa shape index (κ3) is 2.88. The summed E-state index contributed by atoms with van der Waals surface area (Å²) in [4.78, 5) is 16.2. The average molecular weight is 226 g/mol. The topological polar surface area (TPSA) is 32.8 Å². The van der Waals surface area contributed by atoms with Crippen molar-refractivity contribution in [2.45, 2.75) is 38.7 Å². The van der Waals surface area contributed by atoms with Crippen molar-refractivity contribution in [3.63, 3.8) is 0 Å². The second kappa shape index (κ2) is 5.53. The maximum atomic E-state index is 12.2. The molecule has 16 heavy (non-hydrogen) atoms. The van der Waals surface area contributed by atoms with Crippen LogP contribution in [0.25, 0.3) is 0 Å². The van der Waals surface area contributed by atoms with E-state index < -0.39 is 0 Å². The normalized spacial score (nSPS) is 27.7. The lowest BCUT2D eigenvalue weighted by Crippen LogP contribution is -2.50. The van der Waals surface area contributed by atoms with Crippen LogP contribution in [0.3, 0.4) is 0 Å². The molecule has 2 amide bonds. The second-order valence-corrected chi connectivity index (χ2v) is 4.81. The van der Waals surface area contributed by atoms with Gasteiger partial charge in [0.2, 0.25) is 0 Å². The summed E-state index contributed by atoms with van der Waals surface area (Å²) in [5.74, 6) is 0. The number of amides is 2. The molecule has 1 atom stereocenters. The Hall–Kier alpha value is -0.770. The van der Waals surface area contributed by atoms with Crippen molar-refractivity contribution in [1.29, 1.82) is 0 Å². The van der Waals surface area contributed by atoms with Crippen LogP contribution in [0.5, 0.6) is 0 Å². The molecule has 2 fully saturated rings. The van der Waals surface area contributed by atoms with Gasteiger partial charge in [-0.2, -0.15) is 0 Å². The Morgan fingerprint density at radius 2 is 1.75 bits per heavy atom. The van der Waals surface area contributed by atoms with E-state index in [9.17, 15) is 4.79 Å². The number of carbonyl (C=O) groups excluding carboxylic acids is 1. The van der Waals surface area contributed by atoms with E-state index in [0.29, 0.717) is 6.61 Å². The Morgan fingerprint density at radius 3 is 2.38 bits per heavy atom. The van der Waals surface area contributed by atoms with Gasteiger partial charge in [-0.25, -0.2) is 4.79 Å². The Labute approximate surface area is 97.5 Å². The summed E-state index contributed by atoms with van der Waals surface area (Å²) < 4.78 is 5.46. The molecule has 4 heteroatoms. The molecule has 0 saturated carbocycles. The number of ether oxygens (including phenoxy) is 1. The number of nitrogens with zero attached hydrogens (tertiary/aromatic N) is 2. The van der Waals surface area contributed by atoms with Gasteiger partial charge in [-0.3, -0.25) is 0 Å². The molecule has 1 unspecified atom stereocenters. The molecule has 0 N–H and O–H groups in total. The van der Waals surface area contributed by atoms with E-state index in [0.717, 1.165) is 39.0 Å². The van der Waals surface area contributed by atoms with E-state index in [1.54, 1.807) is 0 Å². The van der Waals surface area contributed by atoms with Crippen LogP contribution in [0.15, 0.2) is 0 Å². The molecule has 0 aliphatic carbocycles. The van der Waals surface area contributed by atoms with Gasteiger partial charge >= 0.3 is 6.03 Å². The van der Waals surface area contributed by atoms with Gasteiger partial charge in [0.05, 0.1) is 12.7 Å². The highest BCUT2D eigenvalue weighted by atomic mass is 16.5. The largest absolute Gasteiger partial charge is 0.375 e. The summed E-state index contributed by atoms with van der Waals surface area (Å²) >= 11 is 0. The summed E-state index contributed by atoms with van der Waals surface area (Å²) in [7, 11) is 0. The number of urea groups is 1.